The SMILES string of the molecule is CCCCOCOC=CCCCCCCCCCC(OCC)OCC. The van der Waals surface area contributed by atoms with E-state index in [9.17, 15) is 0 Å². The number of allylic oxidation sites excluding steroid dienone is 1. The number of rotatable bonds is 20. The Kier molecular flexibility index (Phi) is 21.0. The van der Waals surface area contributed by atoms with Gasteiger partial charge >= 0.3 is 0 Å². The van der Waals surface area contributed by atoms with Crippen LogP contribution in [0.15, 0.2) is 12.3 Å². The van der Waals surface area contributed by atoms with Crippen LogP contribution in [0.3, 0.4) is 0 Å². The standard InChI is InChI=1S/C21H42O4/c1-4-7-18-22-20-23-19-16-14-12-10-8-9-11-13-15-17-21(24-5-2)25-6-3/h16,19,21H,4-15,17-18,20H2,1-3H3. The molecule has 0 aliphatic carbocycles. The Morgan fingerprint density at radius 3 is 2.04 bits per heavy atom. The molecule has 0 aromatic rings. The molecule has 0 saturated heterocycles. The van der Waals surface area contributed by atoms with Crippen LogP contribution in [0.5, 0.6) is 0 Å². The summed E-state index contributed by atoms with van der Waals surface area (Å²) < 4.78 is 21.7. The van der Waals surface area contributed by atoms with E-state index >= 15 is 0 Å². The second-order valence-corrected chi connectivity index (χ2v) is 6.31. The third kappa shape index (κ3) is 19.6. The van der Waals surface area contributed by atoms with Crippen molar-refractivity contribution in [1.29, 1.82) is 0 Å². The van der Waals surface area contributed by atoms with Crippen molar-refractivity contribution in [3.8, 4) is 0 Å². The average molecular weight is 359 g/mol. The van der Waals surface area contributed by atoms with Crippen molar-refractivity contribution in [2.75, 3.05) is 26.6 Å². The van der Waals surface area contributed by atoms with E-state index < -0.39 is 0 Å². The van der Waals surface area contributed by atoms with Crippen molar-refractivity contribution in [2.45, 2.75) is 97.7 Å². The van der Waals surface area contributed by atoms with Gasteiger partial charge in [0.05, 0.1) is 12.9 Å². The Balaban J connectivity index is 3.22. The second-order valence-electron chi connectivity index (χ2n) is 6.31. The number of unbranched alkanes of at least 4 members (excludes halogenated alkanes) is 8. The Hall–Kier alpha value is -0.580. The molecule has 0 aliphatic rings. The molecule has 0 atom stereocenters. The van der Waals surface area contributed by atoms with Crippen LogP contribution in [0.2, 0.25) is 0 Å². The third-order valence-corrected chi connectivity index (χ3v) is 4.00. The predicted molar refractivity (Wildman–Crippen MR) is 105 cm³/mol. The summed E-state index contributed by atoms with van der Waals surface area (Å²) in [6.07, 6.45) is 17.3. The molecule has 150 valence electrons. The maximum atomic E-state index is 5.56. The molecular formula is C21H42O4. The van der Waals surface area contributed by atoms with Crippen LogP contribution in [-0.2, 0) is 18.9 Å². The van der Waals surface area contributed by atoms with Gasteiger partial charge in [0, 0.05) is 13.2 Å². The molecule has 4 nitrogen and oxygen atoms in total. The summed E-state index contributed by atoms with van der Waals surface area (Å²) in [6.45, 7) is 8.84. The summed E-state index contributed by atoms with van der Waals surface area (Å²) in [5, 5.41) is 0. The Morgan fingerprint density at radius 2 is 1.40 bits per heavy atom. The summed E-state index contributed by atoms with van der Waals surface area (Å²) in [6, 6.07) is 0. The van der Waals surface area contributed by atoms with Gasteiger partial charge in [-0.3, -0.25) is 0 Å². The molecule has 0 spiro atoms. The Labute approximate surface area is 156 Å². The first-order valence-corrected chi connectivity index (χ1v) is 10.4. The molecule has 0 saturated carbocycles. The molecule has 4 heteroatoms. The van der Waals surface area contributed by atoms with Crippen LogP contribution in [0.25, 0.3) is 0 Å². The summed E-state index contributed by atoms with van der Waals surface area (Å²) in [4.78, 5) is 0. The normalized spacial score (nSPS) is 11.7. The molecule has 0 rings (SSSR count). The van der Waals surface area contributed by atoms with Gasteiger partial charge in [0.15, 0.2) is 13.1 Å². The first-order valence-electron chi connectivity index (χ1n) is 10.4. The molecule has 0 fully saturated rings. The lowest BCUT2D eigenvalue weighted by molar-refractivity contribution is -0.140. The number of hydrogen-bond donors (Lipinski definition) is 0. The highest BCUT2D eigenvalue weighted by Gasteiger charge is 2.06. The van der Waals surface area contributed by atoms with E-state index in [1.165, 1.54) is 44.9 Å². The molecule has 25 heavy (non-hydrogen) atoms. The van der Waals surface area contributed by atoms with E-state index in [0.29, 0.717) is 6.79 Å². The number of hydrogen-bond acceptors (Lipinski definition) is 4. The van der Waals surface area contributed by atoms with E-state index in [-0.39, 0.29) is 6.29 Å². The Bertz CT molecular complexity index is 263. The highest BCUT2D eigenvalue weighted by atomic mass is 16.7. The van der Waals surface area contributed by atoms with Crippen LogP contribution < -0.4 is 0 Å². The fraction of sp³-hybridized carbons (Fsp3) is 0.905. The van der Waals surface area contributed by atoms with Crippen molar-refractivity contribution < 1.29 is 18.9 Å². The summed E-state index contributed by atoms with van der Waals surface area (Å²) in [5.74, 6) is 0. The lowest BCUT2D eigenvalue weighted by atomic mass is 10.1. The van der Waals surface area contributed by atoms with E-state index in [1.807, 2.05) is 13.8 Å². The highest BCUT2D eigenvalue weighted by molar-refractivity contribution is 4.72. The maximum Gasteiger partial charge on any atom is 0.188 e. The van der Waals surface area contributed by atoms with Gasteiger partial charge in [0.1, 0.15) is 0 Å². The topological polar surface area (TPSA) is 36.9 Å². The predicted octanol–water partition coefficient (Wildman–Crippen LogP) is 6.20. The second kappa shape index (κ2) is 21.5. The molecule has 0 aliphatic heterocycles. The van der Waals surface area contributed by atoms with Gasteiger partial charge in [-0.15, -0.1) is 0 Å². The van der Waals surface area contributed by atoms with E-state index in [2.05, 4.69) is 13.0 Å². The largest absolute Gasteiger partial charge is 0.475 e. The van der Waals surface area contributed by atoms with E-state index in [4.69, 9.17) is 18.9 Å². The van der Waals surface area contributed by atoms with Crippen molar-refractivity contribution in [2.24, 2.45) is 0 Å². The zero-order valence-corrected chi connectivity index (χ0v) is 17.0. The minimum atomic E-state index is 0.000973. The first-order chi connectivity index (χ1) is 12.3. The van der Waals surface area contributed by atoms with E-state index in [0.717, 1.165) is 45.5 Å². The lowest BCUT2D eigenvalue weighted by Crippen LogP contribution is -2.17. The molecule has 0 aromatic heterocycles. The fourth-order valence-corrected chi connectivity index (χ4v) is 2.57. The van der Waals surface area contributed by atoms with Gasteiger partial charge in [-0.25, -0.2) is 0 Å². The minimum Gasteiger partial charge on any atom is -0.475 e. The van der Waals surface area contributed by atoms with Crippen molar-refractivity contribution >= 4 is 0 Å². The zero-order valence-electron chi connectivity index (χ0n) is 17.0. The van der Waals surface area contributed by atoms with Crippen molar-refractivity contribution in [3.05, 3.63) is 12.3 Å². The van der Waals surface area contributed by atoms with Gasteiger partial charge in [0.2, 0.25) is 0 Å². The monoisotopic (exact) mass is 358 g/mol. The van der Waals surface area contributed by atoms with Gasteiger partial charge in [0.25, 0.3) is 0 Å². The van der Waals surface area contributed by atoms with Crippen LogP contribution in [-0.4, -0.2) is 32.9 Å². The average Bonchev–Trinajstić information content (AvgIpc) is 2.61. The molecule has 0 radical (unpaired) electrons. The molecule has 0 aromatic carbocycles. The summed E-state index contributed by atoms with van der Waals surface area (Å²) in [5.41, 5.74) is 0. The van der Waals surface area contributed by atoms with Crippen LogP contribution >= 0.6 is 0 Å². The molecule has 0 amide bonds. The van der Waals surface area contributed by atoms with Gasteiger partial charge in [-0.2, -0.15) is 0 Å². The zero-order chi connectivity index (χ0) is 18.4. The molecule has 0 unspecified atom stereocenters. The molecule has 0 N–H and O–H groups in total. The summed E-state index contributed by atoms with van der Waals surface area (Å²) >= 11 is 0. The van der Waals surface area contributed by atoms with Crippen LogP contribution in [0.4, 0.5) is 0 Å². The van der Waals surface area contributed by atoms with Gasteiger partial charge < -0.3 is 18.9 Å². The van der Waals surface area contributed by atoms with Gasteiger partial charge in [-0.05, 0) is 52.0 Å². The molecule has 0 heterocycles. The lowest BCUT2D eigenvalue weighted by Gasteiger charge is -2.16. The molecular weight excluding hydrogens is 316 g/mol. The summed E-state index contributed by atoms with van der Waals surface area (Å²) in [7, 11) is 0. The number of ether oxygens (including phenoxy) is 4. The minimum absolute atomic E-state index is 0.000973. The van der Waals surface area contributed by atoms with E-state index in [1.54, 1.807) is 6.26 Å². The third-order valence-electron chi connectivity index (χ3n) is 4.00. The fourth-order valence-electron chi connectivity index (χ4n) is 2.57. The molecule has 0 bridgehead atoms. The maximum absolute atomic E-state index is 5.56. The Morgan fingerprint density at radius 1 is 0.760 bits per heavy atom. The van der Waals surface area contributed by atoms with Crippen molar-refractivity contribution in [1.82, 2.24) is 0 Å². The van der Waals surface area contributed by atoms with Gasteiger partial charge in [-0.1, -0.05) is 45.4 Å². The smallest absolute Gasteiger partial charge is 0.188 e. The van der Waals surface area contributed by atoms with Crippen LogP contribution in [0.1, 0.15) is 91.4 Å². The van der Waals surface area contributed by atoms with Crippen LogP contribution in [0, 0.1) is 0 Å². The first kappa shape index (κ1) is 24.4. The quantitative estimate of drug-likeness (QED) is 0.147. The van der Waals surface area contributed by atoms with Crippen molar-refractivity contribution in [3.63, 3.8) is 0 Å². The highest BCUT2D eigenvalue weighted by Crippen LogP contribution is 2.12.